The Bertz CT molecular complexity index is 675. The van der Waals surface area contributed by atoms with E-state index in [0.717, 1.165) is 5.56 Å². The van der Waals surface area contributed by atoms with Crippen molar-refractivity contribution in [1.29, 1.82) is 0 Å². The molecule has 0 aliphatic carbocycles. The van der Waals surface area contributed by atoms with E-state index >= 15 is 0 Å². The van der Waals surface area contributed by atoms with Crippen LogP contribution in [0.5, 0.6) is 17.2 Å². The zero-order valence-electron chi connectivity index (χ0n) is 14.7. The number of ether oxygens (including phenoxy) is 3. The molecule has 2 rings (SSSR count). The molecule has 0 fully saturated rings. The Morgan fingerprint density at radius 3 is 2.08 bits per heavy atom. The summed E-state index contributed by atoms with van der Waals surface area (Å²) in [4.78, 5) is 13.0. The van der Waals surface area contributed by atoms with Gasteiger partial charge in [0.1, 0.15) is 5.75 Å². The monoisotopic (exact) mass is 328 g/mol. The van der Waals surface area contributed by atoms with Gasteiger partial charge >= 0.3 is 5.97 Å². The van der Waals surface area contributed by atoms with Crippen molar-refractivity contribution in [1.82, 2.24) is 0 Å². The summed E-state index contributed by atoms with van der Waals surface area (Å²) in [5, 5.41) is 0. The zero-order valence-corrected chi connectivity index (χ0v) is 14.7. The number of carbonyl (C=O) groups excluding carboxylic acids is 1. The maximum Gasteiger partial charge on any atom is 0.321 e. The molecule has 0 atom stereocenters. The molecule has 2 aromatic rings. The van der Waals surface area contributed by atoms with Crippen molar-refractivity contribution in [3.63, 3.8) is 0 Å². The van der Waals surface area contributed by atoms with E-state index in [2.05, 4.69) is 0 Å². The molecule has 0 radical (unpaired) electrons. The van der Waals surface area contributed by atoms with Gasteiger partial charge in [0.2, 0.25) is 0 Å². The van der Waals surface area contributed by atoms with Crippen molar-refractivity contribution in [3.8, 4) is 17.2 Å². The van der Waals surface area contributed by atoms with Gasteiger partial charge in [0.05, 0.1) is 19.6 Å². The van der Waals surface area contributed by atoms with Gasteiger partial charge in [-0.05, 0) is 42.7 Å². The summed E-state index contributed by atoms with van der Waals surface area (Å²) in [5.74, 6) is 1.53. The molecule has 0 aliphatic rings. The molecule has 0 saturated heterocycles. The zero-order chi connectivity index (χ0) is 17.6. The number of carbonyl (C=O) groups is 1. The first kappa shape index (κ1) is 17.9. The normalized spacial score (nSPS) is 11.0. The Labute approximate surface area is 143 Å². The summed E-state index contributed by atoms with van der Waals surface area (Å²) in [5.41, 5.74) is 0.140. The van der Waals surface area contributed by atoms with Crippen LogP contribution in [-0.4, -0.2) is 20.2 Å². The molecule has 4 heteroatoms. The number of rotatable bonds is 7. The number of benzene rings is 2. The van der Waals surface area contributed by atoms with Crippen molar-refractivity contribution < 1.29 is 19.0 Å². The molecule has 0 aromatic heterocycles. The Morgan fingerprint density at radius 2 is 1.54 bits per heavy atom. The summed E-state index contributed by atoms with van der Waals surface area (Å²) in [6.45, 7) is 3.99. The largest absolute Gasteiger partial charge is 0.493 e. The second kappa shape index (κ2) is 7.86. The van der Waals surface area contributed by atoms with Crippen LogP contribution in [0.25, 0.3) is 0 Å². The van der Waals surface area contributed by atoms with Gasteiger partial charge in [0.25, 0.3) is 0 Å². The van der Waals surface area contributed by atoms with E-state index in [4.69, 9.17) is 14.2 Å². The van der Waals surface area contributed by atoms with E-state index in [1.165, 1.54) is 0 Å². The highest BCUT2D eigenvalue weighted by atomic mass is 16.5. The number of methoxy groups -OCH3 is 2. The molecule has 128 valence electrons. The van der Waals surface area contributed by atoms with Crippen molar-refractivity contribution in [3.05, 3.63) is 54.1 Å². The summed E-state index contributed by atoms with van der Waals surface area (Å²) in [7, 11) is 3.18. The topological polar surface area (TPSA) is 44.8 Å². The van der Waals surface area contributed by atoms with E-state index in [1.807, 2.05) is 50.2 Å². The van der Waals surface area contributed by atoms with Crippen LogP contribution in [0.2, 0.25) is 0 Å². The van der Waals surface area contributed by atoms with Crippen molar-refractivity contribution in [2.45, 2.75) is 32.1 Å². The molecule has 0 amide bonds. The molecule has 0 saturated carbocycles. The van der Waals surface area contributed by atoms with E-state index in [0.29, 0.717) is 30.1 Å². The van der Waals surface area contributed by atoms with Crippen LogP contribution >= 0.6 is 0 Å². The Hall–Kier alpha value is -2.49. The van der Waals surface area contributed by atoms with Crippen LogP contribution in [0.15, 0.2) is 48.5 Å². The highest BCUT2D eigenvalue weighted by Crippen LogP contribution is 2.38. The van der Waals surface area contributed by atoms with E-state index in [1.54, 1.807) is 26.4 Å². The van der Waals surface area contributed by atoms with Crippen LogP contribution in [0, 0.1) is 0 Å². The van der Waals surface area contributed by atoms with Gasteiger partial charge in [0.15, 0.2) is 11.5 Å². The number of para-hydroxylation sites is 1. The van der Waals surface area contributed by atoms with Gasteiger partial charge < -0.3 is 14.2 Å². The first-order valence-corrected chi connectivity index (χ1v) is 8.11. The molecule has 0 spiro atoms. The lowest BCUT2D eigenvalue weighted by Crippen LogP contribution is -2.38. The third-order valence-corrected chi connectivity index (χ3v) is 4.49. The quantitative estimate of drug-likeness (QED) is 0.559. The Kier molecular flexibility index (Phi) is 5.85. The third-order valence-electron chi connectivity index (χ3n) is 4.49. The third kappa shape index (κ3) is 3.37. The van der Waals surface area contributed by atoms with E-state index in [9.17, 15) is 4.79 Å². The van der Waals surface area contributed by atoms with Crippen LogP contribution in [-0.2, 0) is 10.2 Å². The average Bonchev–Trinajstić information content (AvgIpc) is 2.63. The fraction of sp³-hybridized carbons (Fsp3) is 0.350. The minimum Gasteiger partial charge on any atom is -0.493 e. The summed E-state index contributed by atoms with van der Waals surface area (Å²) in [6.07, 6.45) is 1.26. The second-order valence-electron chi connectivity index (χ2n) is 5.56. The summed E-state index contributed by atoms with van der Waals surface area (Å²) >= 11 is 0. The smallest absolute Gasteiger partial charge is 0.321 e. The van der Waals surface area contributed by atoms with Gasteiger partial charge in [-0.2, -0.15) is 0 Å². The molecule has 0 heterocycles. The molecule has 0 bridgehead atoms. The van der Waals surface area contributed by atoms with Gasteiger partial charge in [-0.25, -0.2) is 0 Å². The van der Waals surface area contributed by atoms with Gasteiger partial charge in [-0.15, -0.1) is 0 Å². The Balaban J connectivity index is 2.41. The fourth-order valence-corrected chi connectivity index (χ4v) is 2.89. The lowest BCUT2D eigenvalue weighted by molar-refractivity contribution is -0.141. The molecule has 0 N–H and O–H groups in total. The van der Waals surface area contributed by atoms with Gasteiger partial charge in [0, 0.05) is 0 Å². The standard InChI is InChI=1S/C20H24O4/c1-5-20(6-2,19(21)24-16-10-8-7-9-11-16)15-12-13-17(22-3)18(14-15)23-4/h7-14H,5-6H2,1-4H3. The highest BCUT2D eigenvalue weighted by molar-refractivity contribution is 5.85. The SMILES string of the molecule is CCC(CC)(C(=O)Oc1ccccc1)c1ccc(OC)c(OC)c1. The lowest BCUT2D eigenvalue weighted by Gasteiger charge is -2.30. The molecule has 2 aromatic carbocycles. The molecule has 24 heavy (non-hydrogen) atoms. The minimum atomic E-state index is -0.727. The molecule has 0 aliphatic heterocycles. The predicted molar refractivity (Wildman–Crippen MR) is 93.9 cm³/mol. The summed E-state index contributed by atoms with van der Waals surface area (Å²) < 4.78 is 16.3. The lowest BCUT2D eigenvalue weighted by atomic mass is 9.75. The average molecular weight is 328 g/mol. The van der Waals surface area contributed by atoms with Crippen LogP contribution < -0.4 is 14.2 Å². The highest BCUT2D eigenvalue weighted by Gasteiger charge is 2.39. The minimum absolute atomic E-state index is 0.258. The van der Waals surface area contributed by atoms with Crippen molar-refractivity contribution >= 4 is 5.97 Å². The first-order chi connectivity index (χ1) is 11.6. The van der Waals surface area contributed by atoms with Crippen LogP contribution in [0.3, 0.4) is 0 Å². The summed E-state index contributed by atoms with van der Waals surface area (Å²) in [6, 6.07) is 14.7. The van der Waals surface area contributed by atoms with Gasteiger partial charge in [-0.1, -0.05) is 38.1 Å². The maximum atomic E-state index is 13.0. The predicted octanol–water partition coefficient (Wildman–Crippen LogP) is 4.37. The first-order valence-electron chi connectivity index (χ1n) is 8.11. The fourth-order valence-electron chi connectivity index (χ4n) is 2.89. The molecule has 4 nitrogen and oxygen atoms in total. The van der Waals surface area contributed by atoms with Crippen LogP contribution in [0.1, 0.15) is 32.3 Å². The maximum absolute atomic E-state index is 13.0. The Morgan fingerprint density at radius 1 is 0.917 bits per heavy atom. The van der Waals surface area contributed by atoms with E-state index < -0.39 is 5.41 Å². The van der Waals surface area contributed by atoms with Crippen LogP contribution in [0.4, 0.5) is 0 Å². The van der Waals surface area contributed by atoms with Gasteiger partial charge in [-0.3, -0.25) is 4.79 Å². The number of hydrogen-bond donors (Lipinski definition) is 0. The molecular weight excluding hydrogens is 304 g/mol. The van der Waals surface area contributed by atoms with Crippen molar-refractivity contribution in [2.75, 3.05) is 14.2 Å². The van der Waals surface area contributed by atoms with Crippen molar-refractivity contribution in [2.24, 2.45) is 0 Å². The molecular formula is C20H24O4. The second-order valence-corrected chi connectivity index (χ2v) is 5.56. The number of esters is 1. The number of hydrogen-bond acceptors (Lipinski definition) is 4. The van der Waals surface area contributed by atoms with E-state index in [-0.39, 0.29) is 5.97 Å². The molecule has 0 unspecified atom stereocenters.